The fraction of sp³-hybridized carbons (Fsp3) is 0.526. The van der Waals surface area contributed by atoms with Crippen molar-refractivity contribution < 1.29 is 13.9 Å². The minimum Gasteiger partial charge on any atom is -0.385 e. The van der Waals surface area contributed by atoms with E-state index in [9.17, 15) is 13.9 Å². The van der Waals surface area contributed by atoms with E-state index in [4.69, 9.17) is 0 Å². The summed E-state index contributed by atoms with van der Waals surface area (Å²) < 4.78 is 29.4. The predicted molar refractivity (Wildman–Crippen MR) is 89.9 cm³/mol. The molecule has 1 saturated heterocycles. The van der Waals surface area contributed by atoms with Crippen molar-refractivity contribution in [2.75, 3.05) is 13.1 Å². The highest BCUT2D eigenvalue weighted by Gasteiger charge is 2.35. The van der Waals surface area contributed by atoms with Crippen LogP contribution >= 0.6 is 0 Å². The molecule has 2 unspecified atom stereocenters. The Balaban J connectivity index is 1.45. The maximum atomic E-state index is 14.0. The minimum absolute atomic E-state index is 0.0893. The van der Waals surface area contributed by atoms with Gasteiger partial charge in [0.05, 0.1) is 0 Å². The molecule has 4 nitrogen and oxygen atoms in total. The van der Waals surface area contributed by atoms with Crippen molar-refractivity contribution in [3.8, 4) is 0 Å². The van der Waals surface area contributed by atoms with E-state index in [0.717, 1.165) is 44.0 Å². The Morgan fingerprint density at radius 3 is 2.64 bits per heavy atom. The van der Waals surface area contributed by atoms with Gasteiger partial charge in [0, 0.05) is 31.5 Å². The highest BCUT2D eigenvalue weighted by atomic mass is 19.1. The second kappa shape index (κ2) is 6.50. The highest BCUT2D eigenvalue weighted by molar-refractivity contribution is 5.36. The Kier molecular flexibility index (Phi) is 4.33. The third-order valence-corrected chi connectivity index (χ3v) is 5.81. The van der Waals surface area contributed by atoms with Crippen LogP contribution in [0.15, 0.2) is 24.5 Å². The summed E-state index contributed by atoms with van der Waals surface area (Å²) in [5.41, 5.74) is 1.47. The van der Waals surface area contributed by atoms with Gasteiger partial charge in [0.2, 0.25) is 0 Å². The number of aliphatic hydroxyl groups is 1. The molecule has 2 atom stereocenters. The van der Waals surface area contributed by atoms with Crippen LogP contribution in [0.2, 0.25) is 0 Å². The molecular formula is C19H23F2N3O. The molecule has 2 heterocycles. The van der Waals surface area contributed by atoms with Gasteiger partial charge in [-0.1, -0.05) is 0 Å². The zero-order valence-electron chi connectivity index (χ0n) is 14.3. The number of halogens is 2. The molecule has 1 aromatic carbocycles. The van der Waals surface area contributed by atoms with E-state index in [-0.39, 0.29) is 12.0 Å². The summed E-state index contributed by atoms with van der Waals surface area (Å²) in [6.45, 7) is 1.66. The smallest absolute Gasteiger partial charge is 0.137 e. The molecule has 1 N–H and O–H groups in total. The number of benzene rings is 1. The summed E-state index contributed by atoms with van der Waals surface area (Å²) in [4.78, 5) is 6.56. The van der Waals surface area contributed by atoms with E-state index in [2.05, 4.69) is 9.88 Å². The van der Waals surface area contributed by atoms with Gasteiger partial charge in [-0.2, -0.15) is 0 Å². The van der Waals surface area contributed by atoms with Gasteiger partial charge < -0.3 is 9.67 Å². The van der Waals surface area contributed by atoms with Gasteiger partial charge in [0.25, 0.3) is 0 Å². The third kappa shape index (κ3) is 2.98. The molecule has 0 radical (unpaired) electrons. The first kappa shape index (κ1) is 16.7. The second-order valence-electron chi connectivity index (χ2n) is 7.22. The van der Waals surface area contributed by atoms with E-state index in [1.54, 1.807) is 6.20 Å². The van der Waals surface area contributed by atoms with Crippen LogP contribution in [0, 0.1) is 17.6 Å². The zero-order chi connectivity index (χ0) is 17.6. The number of hydrogen-bond donors (Lipinski definition) is 1. The predicted octanol–water partition coefficient (Wildman–Crippen LogP) is 3.13. The Bertz CT molecular complexity index is 768. The van der Waals surface area contributed by atoms with Gasteiger partial charge >= 0.3 is 0 Å². The van der Waals surface area contributed by atoms with Crippen LogP contribution in [-0.4, -0.2) is 32.6 Å². The molecule has 0 spiro atoms. The summed E-state index contributed by atoms with van der Waals surface area (Å²) in [6, 6.07) is 2.56. The lowest BCUT2D eigenvalue weighted by molar-refractivity contribution is 0.0382. The molecule has 25 heavy (non-hydrogen) atoms. The van der Waals surface area contributed by atoms with Crippen LogP contribution in [-0.2, 0) is 13.5 Å². The number of imidazole rings is 1. The summed E-state index contributed by atoms with van der Waals surface area (Å²) in [5, 5.41) is 10.6. The van der Waals surface area contributed by atoms with E-state index < -0.39 is 17.7 Å². The Morgan fingerprint density at radius 2 is 1.96 bits per heavy atom. The van der Waals surface area contributed by atoms with Gasteiger partial charge in [-0.15, -0.1) is 0 Å². The van der Waals surface area contributed by atoms with Crippen LogP contribution in [0.3, 0.4) is 0 Å². The average molecular weight is 347 g/mol. The summed E-state index contributed by atoms with van der Waals surface area (Å²) >= 11 is 0. The van der Waals surface area contributed by atoms with E-state index >= 15 is 0 Å². The van der Waals surface area contributed by atoms with Crippen LogP contribution < -0.4 is 0 Å². The van der Waals surface area contributed by atoms with Crippen LogP contribution in [0.5, 0.6) is 0 Å². The second-order valence-corrected chi connectivity index (χ2v) is 7.22. The molecule has 4 rings (SSSR count). The summed E-state index contributed by atoms with van der Waals surface area (Å²) in [7, 11) is 1.89. The van der Waals surface area contributed by atoms with Crippen LogP contribution in [0.25, 0.3) is 0 Å². The SMILES string of the molecule is Cn1ccnc1C(O)C1CCN(C2CCc3c(F)cc(F)cc32)CC1. The third-order valence-electron chi connectivity index (χ3n) is 5.81. The van der Waals surface area contributed by atoms with Crippen molar-refractivity contribution in [3.05, 3.63) is 53.1 Å². The van der Waals surface area contributed by atoms with Crippen molar-refractivity contribution in [1.82, 2.24) is 14.5 Å². The van der Waals surface area contributed by atoms with Crippen LogP contribution in [0.4, 0.5) is 8.78 Å². The number of hydrogen-bond acceptors (Lipinski definition) is 3. The lowest BCUT2D eigenvalue weighted by Crippen LogP contribution is -2.38. The van der Waals surface area contributed by atoms with Gasteiger partial charge in [-0.05, 0) is 61.9 Å². The van der Waals surface area contributed by atoms with Gasteiger partial charge in [0.15, 0.2) is 0 Å². The lowest BCUT2D eigenvalue weighted by atomic mass is 9.89. The highest BCUT2D eigenvalue weighted by Crippen LogP contribution is 2.40. The standard InChI is InChI=1S/C19H23F2N3O/c1-23-9-6-22-19(23)18(25)12-4-7-24(8-5-12)17-3-2-14-15(17)10-13(20)11-16(14)21/h6,9-12,17-18,25H,2-5,7-8H2,1H3. The normalized spacial score (nSPS) is 23.0. The van der Waals surface area contributed by atoms with Gasteiger partial charge in [0.1, 0.15) is 23.6 Å². The van der Waals surface area contributed by atoms with Crippen molar-refractivity contribution in [2.45, 2.75) is 37.8 Å². The van der Waals surface area contributed by atoms with Crippen molar-refractivity contribution in [3.63, 3.8) is 0 Å². The van der Waals surface area contributed by atoms with E-state index in [1.165, 1.54) is 6.07 Å². The average Bonchev–Trinajstić information content (AvgIpc) is 3.21. The van der Waals surface area contributed by atoms with Crippen molar-refractivity contribution >= 4 is 0 Å². The largest absolute Gasteiger partial charge is 0.385 e. The van der Waals surface area contributed by atoms with E-state index in [1.807, 2.05) is 17.8 Å². The fourth-order valence-electron chi connectivity index (χ4n) is 4.42. The molecule has 2 aromatic rings. The first-order valence-corrected chi connectivity index (χ1v) is 8.91. The first-order chi connectivity index (χ1) is 12.0. The molecule has 1 aromatic heterocycles. The fourth-order valence-corrected chi connectivity index (χ4v) is 4.42. The topological polar surface area (TPSA) is 41.3 Å². The lowest BCUT2D eigenvalue weighted by Gasteiger charge is -2.37. The first-order valence-electron chi connectivity index (χ1n) is 8.91. The zero-order valence-corrected chi connectivity index (χ0v) is 14.3. The summed E-state index contributed by atoms with van der Waals surface area (Å²) in [5.74, 6) is -0.0443. The molecule has 1 aliphatic carbocycles. The van der Waals surface area contributed by atoms with Crippen molar-refractivity contribution in [1.29, 1.82) is 0 Å². The molecule has 0 saturated carbocycles. The maximum absolute atomic E-state index is 14.0. The number of likely N-dealkylation sites (tertiary alicyclic amines) is 1. The Morgan fingerprint density at radius 1 is 1.20 bits per heavy atom. The Hall–Kier alpha value is -1.79. The number of rotatable bonds is 3. The number of nitrogens with zero attached hydrogens (tertiary/aromatic N) is 3. The number of piperidine rings is 1. The Labute approximate surface area is 146 Å². The molecule has 1 fully saturated rings. The molecule has 1 aliphatic heterocycles. The number of fused-ring (bicyclic) bond motifs is 1. The molecule has 0 bridgehead atoms. The quantitative estimate of drug-likeness (QED) is 0.927. The van der Waals surface area contributed by atoms with Crippen LogP contribution in [0.1, 0.15) is 48.4 Å². The molecule has 134 valence electrons. The van der Waals surface area contributed by atoms with Crippen molar-refractivity contribution in [2.24, 2.45) is 13.0 Å². The maximum Gasteiger partial charge on any atom is 0.137 e. The molecular weight excluding hydrogens is 324 g/mol. The molecule has 6 heteroatoms. The summed E-state index contributed by atoms with van der Waals surface area (Å²) in [6.07, 6.45) is 6.20. The van der Waals surface area contributed by atoms with Gasteiger partial charge in [-0.25, -0.2) is 13.8 Å². The monoisotopic (exact) mass is 347 g/mol. The number of aliphatic hydroxyl groups excluding tert-OH is 1. The van der Waals surface area contributed by atoms with E-state index in [0.29, 0.717) is 17.8 Å². The van der Waals surface area contributed by atoms with Gasteiger partial charge in [-0.3, -0.25) is 4.90 Å². The molecule has 2 aliphatic rings. The number of aryl methyl sites for hydroxylation is 1. The number of aromatic nitrogens is 2. The molecule has 0 amide bonds. The minimum atomic E-state index is -0.562.